The van der Waals surface area contributed by atoms with Gasteiger partial charge in [0.2, 0.25) is 5.91 Å². The topological polar surface area (TPSA) is 79.4 Å². The van der Waals surface area contributed by atoms with Gasteiger partial charge in [-0.25, -0.2) is 9.69 Å². The van der Waals surface area contributed by atoms with Gasteiger partial charge in [-0.3, -0.25) is 19.9 Å². The maximum Gasteiger partial charge on any atom is 0.335 e. The molecule has 6 nitrogen and oxygen atoms in total. The maximum absolute atomic E-state index is 12.8. The van der Waals surface area contributed by atoms with E-state index in [2.05, 4.69) is 10.3 Å². The Morgan fingerprint density at radius 2 is 1.86 bits per heavy atom. The SMILES string of the molecule is Cc1ccc(N2C(=O)NC(=O)C3(CCCCC3)C2=O)cn1. The second kappa shape index (κ2) is 4.95. The predicted octanol–water partition coefficient (Wildman–Crippen LogP) is 1.92. The number of barbiturate groups is 1. The third kappa shape index (κ3) is 2.11. The molecule has 21 heavy (non-hydrogen) atoms. The molecule has 2 aliphatic rings. The van der Waals surface area contributed by atoms with E-state index in [-0.39, 0.29) is 0 Å². The van der Waals surface area contributed by atoms with Gasteiger partial charge in [-0.1, -0.05) is 19.3 Å². The Balaban J connectivity index is 2.00. The molecule has 0 atom stereocenters. The molecule has 0 aromatic carbocycles. The van der Waals surface area contributed by atoms with E-state index in [0.717, 1.165) is 29.9 Å². The number of imide groups is 2. The van der Waals surface area contributed by atoms with Gasteiger partial charge in [0.25, 0.3) is 5.91 Å². The van der Waals surface area contributed by atoms with Gasteiger partial charge in [0.15, 0.2) is 0 Å². The summed E-state index contributed by atoms with van der Waals surface area (Å²) in [5, 5.41) is 2.33. The van der Waals surface area contributed by atoms with E-state index in [9.17, 15) is 14.4 Å². The number of hydrogen-bond acceptors (Lipinski definition) is 4. The largest absolute Gasteiger partial charge is 0.335 e. The lowest BCUT2D eigenvalue weighted by Crippen LogP contribution is -2.64. The Kier molecular flexibility index (Phi) is 3.23. The van der Waals surface area contributed by atoms with Gasteiger partial charge < -0.3 is 0 Å². The van der Waals surface area contributed by atoms with Gasteiger partial charge >= 0.3 is 6.03 Å². The number of amides is 4. The summed E-state index contributed by atoms with van der Waals surface area (Å²) in [5.74, 6) is -0.866. The molecule has 1 aliphatic carbocycles. The summed E-state index contributed by atoms with van der Waals surface area (Å²) in [6, 6.07) is 2.72. The molecule has 2 heterocycles. The fraction of sp³-hybridized carbons (Fsp3) is 0.467. The van der Waals surface area contributed by atoms with Crippen molar-refractivity contribution in [2.24, 2.45) is 5.41 Å². The maximum atomic E-state index is 12.8. The van der Waals surface area contributed by atoms with Crippen molar-refractivity contribution in [1.29, 1.82) is 0 Å². The van der Waals surface area contributed by atoms with E-state index in [1.54, 1.807) is 12.1 Å². The van der Waals surface area contributed by atoms with Crippen LogP contribution in [0.3, 0.4) is 0 Å². The minimum Gasteiger partial charge on any atom is -0.276 e. The van der Waals surface area contributed by atoms with Gasteiger partial charge in [-0.05, 0) is 31.9 Å². The average molecular weight is 287 g/mol. The second-order valence-corrected chi connectivity index (χ2v) is 5.70. The Morgan fingerprint density at radius 1 is 1.14 bits per heavy atom. The zero-order chi connectivity index (χ0) is 15.0. The van der Waals surface area contributed by atoms with Crippen LogP contribution < -0.4 is 10.2 Å². The van der Waals surface area contributed by atoms with E-state index in [0.29, 0.717) is 18.5 Å². The summed E-state index contributed by atoms with van der Waals surface area (Å²) in [5.41, 5.74) is 0.115. The Bertz CT molecular complexity index is 603. The van der Waals surface area contributed by atoms with Crippen molar-refractivity contribution in [2.45, 2.75) is 39.0 Å². The second-order valence-electron chi connectivity index (χ2n) is 5.70. The lowest BCUT2D eigenvalue weighted by molar-refractivity contribution is -0.144. The summed E-state index contributed by atoms with van der Waals surface area (Å²) in [7, 11) is 0. The minimum absolute atomic E-state index is 0.403. The van der Waals surface area contributed by atoms with Gasteiger partial charge in [0, 0.05) is 5.69 Å². The molecule has 1 saturated carbocycles. The molecule has 1 aliphatic heterocycles. The molecule has 1 aromatic heterocycles. The van der Waals surface area contributed by atoms with Crippen molar-refractivity contribution < 1.29 is 14.4 Å². The van der Waals surface area contributed by atoms with Crippen molar-refractivity contribution >= 4 is 23.5 Å². The van der Waals surface area contributed by atoms with Crippen LogP contribution in [0, 0.1) is 12.3 Å². The molecule has 1 spiro atoms. The van der Waals surface area contributed by atoms with E-state index in [1.165, 1.54) is 6.20 Å². The van der Waals surface area contributed by atoms with Crippen LogP contribution in [-0.2, 0) is 9.59 Å². The van der Waals surface area contributed by atoms with Crippen molar-refractivity contribution in [3.05, 3.63) is 24.0 Å². The summed E-state index contributed by atoms with van der Waals surface area (Å²) in [4.78, 5) is 42.3. The third-order valence-corrected chi connectivity index (χ3v) is 4.33. The Hall–Kier alpha value is -2.24. The van der Waals surface area contributed by atoms with Crippen LogP contribution in [0.15, 0.2) is 18.3 Å². The summed E-state index contributed by atoms with van der Waals surface area (Å²) < 4.78 is 0. The molecule has 3 rings (SSSR count). The highest BCUT2D eigenvalue weighted by Crippen LogP contribution is 2.41. The van der Waals surface area contributed by atoms with E-state index in [4.69, 9.17) is 0 Å². The molecular weight excluding hydrogens is 270 g/mol. The molecule has 110 valence electrons. The highest BCUT2D eigenvalue weighted by atomic mass is 16.2. The molecule has 2 fully saturated rings. The average Bonchev–Trinajstić information content (AvgIpc) is 2.48. The number of nitrogens with one attached hydrogen (secondary N) is 1. The monoisotopic (exact) mass is 287 g/mol. The smallest absolute Gasteiger partial charge is 0.276 e. The van der Waals surface area contributed by atoms with Crippen LogP contribution in [0.4, 0.5) is 10.5 Å². The standard InChI is InChI=1S/C15H17N3O3/c1-10-5-6-11(9-16-10)18-13(20)15(7-3-2-4-8-15)12(19)17-14(18)21/h5-6,9H,2-4,7-8H2,1H3,(H,17,19,21). The number of rotatable bonds is 1. The van der Waals surface area contributed by atoms with E-state index >= 15 is 0 Å². The zero-order valence-electron chi connectivity index (χ0n) is 11.9. The highest BCUT2D eigenvalue weighted by molar-refractivity contribution is 6.29. The normalized spacial score (nSPS) is 21.6. The Labute approximate surface area is 122 Å². The van der Waals surface area contributed by atoms with Gasteiger partial charge in [-0.2, -0.15) is 0 Å². The summed E-state index contributed by atoms with van der Waals surface area (Å²) in [6.07, 6.45) is 5.16. The number of nitrogens with zero attached hydrogens (tertiary/aromatic N) is 2. The molecular formula is C15H17N3O3. The zero-order valence-corrected chi connectivity index (χ0v) is 11.9. The van der Waals surface area contributed by atoms with Crippen LogP contribution in [-0.4, -0.2) is 22.8 Å². The van der Waals surface area contributed by atoms with Gasteiger partial charge in [-0.15, -0.1) is 0 Å². The quantitative estimate of drug-likeness (QED) is 0.800. The molecule has 6 heteroatoms. The van der Waals surface area contributed by atoms with Crippen molar-refractivity contribution in [1.82, 2.24) is 10.3 Å². The lowest BCUT2D eigenvalue weighted by Gasteiger charge is -2.41. The number of anilines is 1. The summed E-state index contributed by atoms with van der Waals surface area (Å²) >= 11 is 0. The van der Waals surface area contributed by atoms with Crippen molar-refractivity contribution in [2.75, 3.05) is 4.90 Å². The predicted molar refractivity (Wildman–Crippen MR) is 75.5 cm³/mol. The van der Waals surface area contributed by atoms with Gasteiger partial charge in [0.05, 0.1) is 11.9 Å². The first kappa shape index (κ1) is 13.7. The van der Waals surface area contributed by atoms with Crippen LogP contribution in [0.1, 0.15) is 37.8 Å². The lowest BCUT2D eigenvalue weighted by atomic mass is 9.71. The molecule has 0 radical (unpaired) electrons. The number of aryl methyl sites for hydroxylation is 1. The van der Waals surface area contributed by atoms with Crippen LogP contribution in [0.5, 0.6) is 0 Å². The van der Waals surface area contributed by atoms with E-state index in [1.807, 2.05) is 6.92 Å². The minimum atomic E-state index is -1.09. The molecule has 1 N–H and O–H groups in total. The number of aromatic nitrogens is 1. The molecule has 1 saturated heterocycles. The summed E-state index contributed by atoms with van der Waals surface area (Å²) in [6.45, 7) is 1.83. The molecule has 1 aromatic rings. The van der Waals surface area contributed by atoms with Gasteiger partial charge in [0.1, 0.15) is 5.41 Å². The Morgan fingerprint density at radius 3 is 2.48 bits per heavy atom. The number of hydrogen-bond donors (Lipinski definition) is 1. The fourth-order valence-corrected chi connectivity index (χ4v) is 3.10. The van der Waals surface area contributed by atoms with E-state index < -0.39 is 23.3 Å². The van der Waals surface area contributed by atoms with Crippen LogP contribution >= 0.6 is 0 Å². The molecule has 0 unspecified atom stereocenters. The van der Waals surface area contributed by atoms with Crippen molar-refractivity contribution in [3.8, 4) is 0 Å². The highest BCUT2D eigenvalue weighted by Gasteiger charge is 2.54. The number of pyridine rings is 1. The van der Waals surface area contributed by atoms with Crippen LogP contribution in [0.25, 0.3) is 0 Å². The number of carbonyl (C=O) groups is 3. The third-order valence-electron chi connectivity index (χ3n) is 4.33. The fourth-order valence-electron chi connectivity index (χ4n) is 3.10. The number of carbonyl (C=O) groups excluding carboxylic acids is 3. The molecule has 0 bridgehead atoms. The van der Waals surface area contributed by atoms with Crippen molar-refractivity contribution in [3.63, 3.8) is 0 Å². The first-order valence-corrected chi connectivity index (χ1v) is 7.17. The first-order valence-electron chi connectivity index (χ1n) is 7.17. The number of urea groups is 1. The van der Waals surface area contributed by atoms with Crippen LogP contribution in [0.2, 0.25) is 0 Å². The first-order chi connectivity index (χ1) is 10.0. The molecule has 4 amide bonds.